The highest BCUT2D eigenvalue weighted by Crippen LogP contribution is 2.39. The first kappa shape index (κ1) is 21.9. The minimum absolute atomic E-state index is 0.0230. The number of rotatable bonds is 8. The number of aryl methyl sites for hydroxylation is 1. The zero-order chi connectivity index (χ0) is 24.6. The number of fused-ring (bicyclic) bond motifs is 1. The molecule has 180 valence electrons. The number of benzene rings is 1. The number of aromatic nitrogens is 7. The van der Waals surface area contributed by atoms with E-state index >= 15 is 0 Å². The molecule has 1 aromatic carbocycles. The molecule has 0 bridgehead atoms. The Bertz CT molecular complexity index is 1580. The van der Waals surface area contributed by atoms with Crippen molar-refractivity contribution in [3.8, 4) is 11.3 Å². The van der Waals surface area contributed by atoms with E-state index < -0.39 is 0 Å². The molecule has 1 fully saturated rings. The first-order valence-corrected chi connectivity index (χ1v) is 11.8. The molecule has 0 radical (unpaired) electrons. The zero-order valence-corrected chi connectivity index (χ0v) is 19.7. The largest absolute Gasteiger partial charge is 0.346 e. The van der Waals surface area contributed by atoms with E-state index in [4.69, 9.17) is 0 Å². The normalized spacial score (nSPS) is 13.2. The summed E-state index contributed by atoms with van der Waals surface area (Å²) in [5.74, 6) is 0.433. The van der Waals surface area contributed by atoms with E-state index in [1.807, 2.05) is 53.2 Å². The quantitative estimate of drug-likeness (QED) is 0.329. The number of hydrogen-bond donors (Lipinski definition) is 2. The van der Waals surface area contributed by atoms with Crippen molar-refractivity contribution in [2.24, 2.45) is 7.05 Å². The van der Waals surface area contributed by atoms with Crippen LogP contribution in [0.4, 0.5) is 0 Å². The Morgan fingerprint density at radius 2 is 1.97 bits per heavy atom. The first-order chi connectivity index (χ1) is 17.5. The van der Waals surface area contributed by atoms with Crippen molar-refractivity contribution in [1.82, 2.24) is 39.7 Å². The minimum Gasteiger partial charge on any atom is -0.346 e. The van der Waals surface area contributed by atoms with E-state index in [9.17, 15) is 9.59 Å². The summed E-state index contributed by atoms with van der Waals surface area (Å²) in [6, 6.07) is 13.6. The number of imidazole rings is 1. The van der Waals surface area contributed by atoms with Crippen molar-refractivity contribution in [2.45, 2.75) is 31.7 Å². The van der Waals surface area contributed by atoms with Crippen LogP contribution in [0.1, 0.15) is 56.7 Å². The van der Waals surface area contributed by atoms with E-state index in [1.54, 1.807) is 13.1 Å². The van der Waals surface area contributed by atoms with Gasteiger partial charge < -0.3 is 5.32 Å². The third-order valence-electron chi connectivity index (χ3n) is 6.33. The maximum absolute atomic E-state index is 13.2. The summed E-state index contributed by atoms with van der Waals surface area (Å²) >= 11 is 0. The first-order valence-electron chi connectivity index (χ1n) is 11.8. The summed E-state index contributed by atoms with van der Waals surface area (Å²) < 4.78 is 3.25. The number of carbonyl (C=O) groups is 2. The van der Waals surface area contributed by atoms with Crippen molar-refractivity contribution >= 4 is 17.5 Å². The molecule has 10 nitrogen and oxygen atoms in total. The Morgan fingerprint density at radius 3 is 2.78 bits per heavy atom. The van der Waals surface area contributed by atoms with Gasteiger partial charge in [-0.25, -0.2) is 9.97 Å². The fourth-order valence-electron chi connectivity index (χ4n) is 4.27. The lowest BCUT2D eigenvalue weighted by atomic mass is 10.1. The third-order valence-corrected chi connectivity index (χ3v) is 6.33. The molecule has 0 aliphatic heterocycles. The maximum Gasteiger partial charge on any atom is 0.255 e. The van der Waals surface area contributed by atoms with Crippen LogP contribution in [0, 0.1) is 0 Å². The van der Waals surface area contributed by atoms with E-state index in [0.717, 1.165) is 35.5 Å². The van der Waals surface area contributed by atoms with Crippen molar-refractivity contribution in [2.75, 3.05) is 0 Å². The second-order valence-corrected chi connectivity index (χ2v) is 9.02. The van der Waals surface area contributed by atoms with Crippen LogP contribution in [-0.2, 0) is 20.0 Å². The summed E-state index contributed by atoms with van der Waals surface area (Å²) in [6.07, 6.45) is 7.50. The highest BCUT2D eigenvalue weighted by atomic mass is 16.2. The molecular formula is C26H24N8O2. The van der Waals surface area contributed by atoms with Crippen LogP contribution in [0.15, 0.2) is 61.1 Å². The SMILES string of the molecule is Cn1ncc(C(=O)NCc2cc(C3CC3)n[nH]2)c1C(=O)Cc1ccn2cc(-c3ccccc3)nc2n1. The molecule has 4 aromatic heterocycles. The molecule has 0 atom stereocenters. The van der Waals surface area contributed by atoms with Crippen LogP contribution in [0.2, 0.25) is 0 Å². The Labute approximate surface area is 206 Å². The second kappa shape index (κ2) is 8.88. The van der Waals surface area contributed by atoms with Crippen molar-refractivity contribution in [3.63, 3.8) is 0 Å². The summed E-state index contributed by atoms with van der Waals surface area (Å²) in [6.45, 7) is 0.295. The topological polar surface area (TPSA) is 123 Å². The van der Waals surface area contributed by atoms with E-state index in [1.165, 1.54) is 10.9 Å². The van der Waals surface area contributed by atoms with Gasteiger partial charge >= 0.3 is 0 Å². The van der Waals surface area contributed by atoms with Gasteiger partial charge in [0.25, 0.3) is 5.91 Å². The van der Waals surface area contributed by atoms with Gasteiger partial charge in [-0.3, -0.25) is 23.8 Å². The van der Waals surface area contributed by atoms with Gasteiger partial charge in [-0.2, -0.15) is 10.2 Å². The molecule has 2 N–H and O–H groups in total. The van der Waals surface area contributed by atoms with Gasteiger partial charge in [0.1, 0.15) is 5.69 Å². The standard InChI is InChI=1S/C26H24N8O2/c1-33-24(20(14-28-33)25(36)27-13-19-11-21(32-31-19)17-7-8-17)23(35)12-18-9-10-34-15-22(30-26(34)29-18)16-5-3-2-4-6-16/h2-6,9-11,14-15,17H,7-8,12-13H2,1H3,(H,27,36)(H,31,32). The van der Waals surface area contributed by atoms with Crippen LogP contribution < -0.4 is 5.32 Å². The van der Waals surface area contributed by atoms with Gasteiger partial charge in [-0.05, 0) is 25.0 Å². The Hall–Kier alpha value is -4.60. The summed E-state index contributed by atoms with van der Waals surface area (Å²) in [5.41, 5.74) is 4.70. The number of Topliss-reactive ketones (excluding diaryl/α,β-unsaturated/α-hetero) is 1. The van der Waals surface area contributed by atoms with Crippen molar-refractivity contribution < 1.29 is 9.59 Å². The smallest absolute Gasteiger partial charge is 0.255 e. The fourth-order valence-corrected chi connectivity index (χ4v) is 4.27. The maximum atomic E-state index is 13.2. The van der Waals surface area contributed by atoms with Crippen LogP contribution in [0.3, 0.4) is 0 Å². The average Bonchev–Trinajstić information content (AvgIpc) is 3.29. The Balaban J connectivity index is 1.17. The zero-order valence-electron chi connectivity index (χ0n) is 19.7. The number of ketones is 1. The van der Waals surface area contributed by atoms with Gasteiger partial charge in [0.05, 0.1) is 47.5 Å². The van der Waals surface area contributed by atoms with Gasteiger partial charge in [0, 0.05) is 30.9 Å². The summed E-state index contributed by atoms with van der Waals surface area (Å²) in [5, 5.41) is 14.3. The number of nitrogens with zero attached hydrogens (tertiary/aromatic N) is 6. The highest BCUT2D eigenvalue weighted by Gasteiger charge is 2.26. The number of hydrogen-bond acceptors (Lipinski definition) is 6. The third kappa shape index (κ3) is 4.28. The van der Waals surface area contributed by atoms with Crippen LogP contribution in [-0.4, -0.2) is 46.0 Å². The number of amides is 1. The summed E-state index contributed by atoms with van der Waals surface area (Å²) in [4.78, 5) is 35.3. The molecule has 1 saturated carbocycles. The van der Waals surface area contributed by atoms with E-state index in [2.05, 4.69) is 30.6 Å². The molecule has 36 heavy (non-hydrogen) atoms. The minimum atomic E-state index is -0.363. The molecule has 1 aliphatic carbocycles. The lowest BCUT2D eigenvalue weighted by Gasteiger charge is -2.06. The lowest BCUT2D eigenvalue weighted by molar-refractivity contribution is 0.0928. The van der Waals surface area contributed by atoms with Crippen molar-refractivity contribution in [3.05, 3.63) is 89.4 Å². The monoisotopic (exact) mass is 480 g/mol. The van der Waals surface area contributed by atoms with Crippen LogP contribution >= 0.6 is 0 Å². The van der Waals surface area contributed by atoms with Gasteiger partial charge in [0.15, 0.2) is 5.78 Å². The molecule has 0 spiro atoms. The molecule has 5 aromatic rings. The highest BCUT2D eigenvalue weighted by molar-refractivity contribution is 6.07. The molecule has 0 saturated heterocycles. The van der Waals surface area contributed by atoms with E-state index in [0.29, 0.717) is 23.9 Å². The van der Waals surface area contributed by atoms with Crippen LogP contribution in [0.5, 0.6) is 0 Å². The Morgan fingerprint density at radius 1 is 1.14 bits per heavy atom. The number of H-pyrrole nitrogens is 1. The summed E-state index contributed by atoms with van der Waals surface area (Å²) in [7, 11) is 1.65. The van der Waals surface area contributed by atoms with Crippen molar-refractivity contribution in [1.29, 1.82) is 0 Å². The number of aromatic amines is 1. The molecule has 4 heterocycles. The van der Waals surface area contributed by atoms with Crippen LogP contribution in [0.25, 0.3) is 17.0 Å². The predicted octanol–water partition coefficient (Wildman–Crippen LogP) is 3.09. The van der Waals surface area contributed by atoms with Gasteiger partial charge in [-0.1, -0.05) is 30.3 Å². The van der Waals surface area contributed by atoms with E-state index in [-0.39, 0.29) is 29.4 Å². The van der Waals surface area contributed by atoms with Gasteiger partial charge in [0.2, 0.25) is 5.78 Å². The number of nitrogens with one attached hydrogen (secondary N) is 2. The Kier molecular flexibility index (Phi) is 5.40. The molecule has 1 aliphatic rings. The average molecular weight is 481 g/mol. The predicted molar refractivity (Wildman–Crippen MR) is 131 cm³/mol. The molecular weight excluding hydrogens is 456 g/mol. The number of carbonyl (C=O) groups excluding carboxylic acids is 2. The molecule has 6 rings (SSSR count). The molecule has 0 unspecified atom stereocenters. The second-order valence-electron chi connectivity index (χ2n) is 9.02. The van der Waals surface area contributed by atoms with Gasteiger partial charge in [-0.15, -0.1) is 0 Å². The lowest BCUT2D eigenvalue weighted by Crippen LogP contribution is -2.25. The molecule has 1 amide bonds. The molecule has 10 heteroatoms. The fraction of sp³-hybridized carbons (Fsp3) is 0.231.